The summed E-state index contributed by atoms with van der Waals surface area (Å²) in [7, 11) is 0. The molecule has 1 aromatic heterocycles. The summed E-state index contributed by atoms with van der Waals surface area (Å²) in [5.41, 5.74) is 0. The lowest BCUT2D eigenvalue weighted by Gasteiger charge is -2.23. The molecule has 0 spiro atoms. The summed E-state index contributed by atoms with van der Waals surface area (Å²) in [4.78, 5) is 4.26. The summed E-state index contributed by atoms with van der Waals surface area (Å²) in [6, 6.07) is 11.0. The van der Waals surface area contributed by atoms with Crippen LogP contribution in [-0.4, -0.2) is 24.7 Å². The van der Waals surface area contributed by atoms with Gasteiger partial charge in [0, 0.05) is 23.7 Å². The Bertz CT molecular complexity index is 615. The molecule has 116 valence electrons. The maximum atomic E-state index is 5.97. The van der Waals surface area contributed by atoms with Crippen molar-refractivity contribution in [1.29, 1.82) is 0 Å². The minimum absolute atomic E-state index is 0.466. The van der Waals surface area contributed by atoms with E-state index in [1.165, 1.54) is 12.8 Å². The van der Waals surface area contributed by atoms with Crippen molar-refractivity contribution in [1.82, 2.24) is 10.3 Å². The van der Waals surface area contributed by atoms with Crippen LogP contribution < -0.4 is 14.8 Å². The van der Waals surface area contributed by atoms with E-state index in [0.717, 1.165) is 13.1 Å². The van der Waals surface area contributed by atoms with Gasteiger partial charge >= 0.3 is 0 Å². The van der Waals surface area contributed by atoms with Crippen molar-refractivity contribution >= 4 is 11.6 Å². The van der Waals surface area contributed by atoms with Gasteiger partial charge in [0.25, 0.3) is 5.88 Å². The Kier molecular flexibility index (Phi) is 5.14. The molecule has 1 N–H and O–H groups in total. The zero-order valence-corrected chi connectivity index (χ0v) is 13.1. The van der Waals surface area contributed by atoms with Gasteiger partial charge in [-0.05, 0) is 49.7 Å². The second kappa shape index (κ2) is 7.47. The molecule has 2 aromatic rings. The molecule has 0 bridgehead atoms. The second-order valence-corrected chi connectivity index (χ2v) is 5.83. The van der Waals surface area contributed by atoms with Crippen molar-refractivity contribution in [3.63, 3.8) is 0 Å². The predicted molar refractivity (Wildman–Crippen MR) is 86.9 cm³/mol. The minimum Gasteiger partial charge on any atom is -0.488 e. The molecule has 22 heavy (non-hydrogen) atoms. The highest BCUT2D eigenvalue weighted by Gasteiger charge is 2.15. The van der Waals surface area contributed by atoms with E-state index in [-0.39, 0.29) is 0 Å². The Morgan fingerprint density at radius 3 is 3.05 bits per heavy atom. The first-order valence-corrected chi connectivity index (χ1v) is 7.91. The number of hydrogen-bond donors (Lipinski definition) is 1. The van der Waals surface area contributed by atoms with Crippen molar-refractivity contribution < 1.29 is 9.47 Å². The molecule has 0 amide bonds. The Hall–Kier alpha value is -1.78. The van der Waals surface area contributed by atoms with E-state index in [9.17, 15) is 0 Å². The first-order chi connectivity index (χ1) is 10.8. The topological polar surface area (TPSA) is 43.4 Å². The molecule has 1 saturated heterocycles. The SMILES string of the molecule is Clc1cccc(Oc2ncccc2OC[C@H]2CCCNC2)c1. The zero-order valence-electron chi connectivity index (χ0n) is 12.3. The Balaban J connectivity index is 1.66. The number of ether oxygens (including phenoxy) is 2. The number of nitrogens with zero attached hydrogens (tertiary/aromatic N) is 1. The first-order valence-electron chi connectivity index (χ1n) is 7.53. The number of benzene rings is 1. The van der Waals surface area contributed by atoms with E-state index >= 15 is 0 Å². The molecule has 5 heteroatoms. The standard InChI is InChI=1S/C17H19ClN2O2/c18-14-5-1-6-15(10-14)22-17-16(7-3-9-20-17)21-12-13-4-2-8-19-11-13/h1,3,5-7,9-10,13,19H,2,4,8,11-12H2/t13-/m0/s1. The average molecular weight is 319 g/mol. The van der Waals surface area contributed by atoms with Crippen LogP contribution in [0.4, 0.5) is 0 Å². The number of halogens is 1. The molecule has 2 heterocycles. The number of piperidine rings is 1. The largest absolute Gasteiger partial charge is 0.488 e. The van der Waals surface area contributed by atoms with Gasteiger partial charge in [0.2, 0.25) is 0 Å². The van der Waals surface area contributed by atoms with Gasteiger partial charge in [0.1, 0.15) is 5.75 Å². The molecule has 1 aromatic carbocycles. The van der Waals surface area contributed by atoms with Crippen LogP contribution in [0.1, 0.15) is 12.8 Å². The predicted octanol–water partition coefficient (Wildman–Crippen LogP) is 3.91. The summed E-state index contributed by atoms with van der Waals surface area (Å²) in [6.45, 7) is 2.78. The molecule has 0 aliphatic carbocycles. The highest BCUT2D eigenvalue weighted by atomic mass is 35.5. The lowest BCUT2D eigenvalue weighted by atomic mass is 10.0. The van der Waals surface area contributed by atoms with Gasteiger partial charge in [-0.15, -0.1) is 0 Å². The van der Waals surface area contributed by atoms with Crippen LogP contribution in [0, 0.1) is 5.92 Å². The molecule has 4 nitrogen and oxygen atoms in total. The Labute approximate surface area is 135 Å². The van der Waals surface area contributed by atoms with Crippen LogP contribution in [0.25, 0.3) is 0 Å². The van der Waals surface area contributed by atoms with Crippen LogP contribution >= 0.6 is 11.6 Å². The third-order valence-electron chi connectivity index (χ3n) is 3.62. The molecule has 1 aliphatic rings. The van der Waals surface area contributed by atoms with Crippen molar-refractivity contribution in [2.24, 2.45) is 5.92 Å². The number of nitrogens with one attached hydrogen (secondary N) is 1. The maximum absolute atomic E-state index is 5.97. The van der Waals surface area contributed by atoms with Crippen molar-refractivity contribution in [2.75, 3.05) is 19.7 Å². The minimum atomic E-state index is 0.466. The van der Waals surface area contributed by atoms with Crippen LogP contribution in [0.2, 0.25) is 5.02 Å². The maximum Gasteiger partial charge on any atom is 0.262 e. The summed E-state index contributed by atoms with van der Waals surface area (Å²) in [5.74, 6) is 2.31. The van der Waals surface area contributed by atoms with Crippen LogP contribution in [-0.2, 0) is 0 Å². The van der Waals surface area contributed by atoms with Gasteiger partial charge in [0.15, 0.2) is 5.75 Å². The van der Waals surface area contributed by atoms with Crippen molar-refractivity contribution in [3.8, 4) is 17.4 Å². The zero-order chi connectivity index (χ0) is 15.2. The molecule has 0 saturated carbocycles. The highest BCUT2D eigenvalue weighted by molar-refractivity contribution is 6.30. The molecule has 1 fully saturated rings. The Morgan fingerprint density at radius 1 is 1.27 bits per heavy atom. The lowest BCUT2D eigenvalue weighted by Crippen LogP contribution is -2.33. The van der Waals surface area contributed by atoms with Gasteiger partial charge in [-0.25, -0.2) is 4.98 Å². The normalized spacial score (nSPS) is 18.0. The van der Waals surface area contributed by atoms with Gasteiger partial charge < -0.3 is 14.8 Å². The monoisotopic (exact) mass is 318 g/mol. The third kappa shape index (κ3) is 4.12. The number of aromatic nitrogens is 1. The number of rotatable bonds is 5. The fraction of sp³-hybridized carbons (Fsp3) is 0.353. The average Bonchev–Trinajstić information content (AvgIpc) is 2.55. The van der Waals surface area contributed by atoms with Gasteiger partial charge in [-0.1, -0.05) is 17.7 Å². The van der Waals surface area contributed by atoms with E-state index in [2.05, 4.69) is 10.3 Å². The first kappa shape index (κ1) is 15.1. The lowest BCUT2D eigenvalue weighted by molar-refractivity contribution is 0.212. The van der Waals surface area contributed by atoms with Gasteiger partial charge in [-0.2, -0.15) is 0 Å². The van der Waals surface area contributed by atoms with E-state index < -0.39 is 0 Å². The van der Waals surface area contributed by atoms with E-state index in [1.807, 2.05) is 24.3 Å². The molecule has 3 rings (SSSR count). The molecule has 1 atom stereocenters. The summed E-state index contributed by atoms with van der Waals surface area (Å²) in [6.07, 6.45) is 4.08. The van der Waals surface area contributed by atoms with Gasteiger partial charge in [-0.3, -0.25) is 0 Å². The van der Waals surface area contributed by atoms with Crippen molar-refractivity contribution in [2.45, 2.75) is 12.8 Å². The molecule has 0 radical (unpaired) electrons. The van der Waals surface area contributed by atoms with E-state index in [4.69, 9.17) is 21.1 Å². The number of hydrogen-bond acceptors (Lipinski definition) is 4. The van der Waals surface area contributed by atoms with E-state index in [1.54, 1.807) is 18.3 Å². The quantitative estimate of drug-likeness (QED) is 0.908. The van der Waals surface area contributed by atoms with Crippen molar-refractivity contribution in [3.05, 3.63) is 47.6 Å². The third-order valence-corrected chi connectivity index (χ3v) is 3.86. The van der Waals surface area contributed by atoms with E-state index in [0.29, 0.717) is 34.9 Å². The van der Waals surface area contributed by atoms with Crippen LogP contribution in [0.5, 0.6) is 17.4 Å². The van der Waals surface area contributed by atoms with Crippen LogP contribution in [0.3, 0.4) is 0 Å². The highest BCUT2D eigenvalue weighted by Crippen LogP contribution is 2.30. The van der Waals surface area contributed by atoms with Gasteiger partial charge in [0.05, 0.1) is 6.61 Å². The Morgan fingerprint density at radius 2 is 2.23 bits per heavy atom. The number of pyridine rings is 1. The summed E-state index contributed by atoms with van der Waals surface area (Å²) < 4.78 is 11.7. The fourth-order valence-electron chi connectivity index (χ4n) is 2.48. The molecular weight excluding hydrogens is 300 g/mol. The fourth-order valence-corrected chi connectivity index (χ4v) is 2.66. The second-order valence-electron chi connectivity index (χ2n) is 5.39. The molecule has 0 unspecified atom stereocenters. The van der Waals surface area contributed by atoms with Crippen LogP contribution in [0.15, 0.2) is 42.6 Å². The summed E-state index contributed by atoms with van der Waals surface area (Å²) in [5, 5.41) is 4.02. The summed E-state index contributed by atoms with van der Waals surface area (Å²) >= 11 is 5.97. The molecule has 1 aliphatic heterocycles. The molecular formula is C17H19ClN2O2. The smallest absolute Gasteiger partial charge is 0.262 e.